The Morgan fingerprint density at radius 2 is 1.66 bits per heavy atom. The van der Waals surface area contributed by atoms with Crippen LogP contribution in [0.1, 0.15) is 118 Å². The van der Waals surface area contributed by atoms with Crippen molar-refractivity contribution in [1.82, 2.24) is 25.2 Å². The standard InChI is InChI=1S/C48H69N5O5S/c1-43(2)36(34-15-22-47(23-16-34,42(54)55)33-58-41-32-50-51-53(41)35-10-7-6-8-11-35)17-20-44(3)39(43)18-21-46(5)40(44)14-13-37-38-12-9-19-48(38,25-24-45(37,46)4)49-26-27-52-28-30-59(56,57)31-29-52/h6-8,10-11,15,17,32,37-40,49H,9,12-14,16,18-31,33H2,1-5H3,(H,54,55)/t37?,38-,39?,40?,44+,45-,46-,47?,48+/m1/s1. The molecule has 4 unspecified atom stereocenters. The average molecular weight is 828 g/mol. The second kappa shape index (κ2) is 14.8. The van der Waals surface area contributed by atoms with E-state index >= 15 is 0 Å². The molecule has 322 valence electrons. The van der Waals surface area contributed by atoms with Crippen molar-refractivity contribution in [2.24, 2.45) is 50.7 Å². The molecule has 5 fully saturated rings. The van der Waals surface area contributed by atoms with Crippen molar-refractivity contribution < 1.29 is 23.1 Å². The highest BCUT2D eigenvalue weighted by Gasteiger charge is 2.69. The minimum Gasteiger partial charge on any atom is -0.481 e. The minimum atomic E-state index is -2.85. The topological polar surface area (TPSA) is 127 Å². The molecule has 1 aromatic carbocycles. The fourth-order valence-electron chi connectivity index (χ4n) is 15.3. The van der Waals surface area contributed by atoms with E-state index < -0.39 is 21.2 Å². The lowest BCUT2D eigenvalue weighted by Crippen LogP contribution is -2.67. The molecule has 1 aromatic heterocycles. The number of nitrogens with one attached hydrogen (secondary N) is 1. The number of hydrogen-bond donors (Lipinski definition) is 2. The van der Waals surface area contributed by atoms with Crippen LogP contribution < -0.4 is 10.1 Å². The number of fused-ring (bicyclic) bond motifs is 7. The highest BCUT2D eigenvalue weighted by atomic mass is 32.2. The van der Waals surface area contributed by atoms with E-state index in [1.165, 1.54) is 68.9 Å². The van der Waals surface area contributed by atoms with E-state index in [1.54, 1.807) is 10.9 Å². The molecule has 2 heterocycles. The van der Waals surface area contributed by atoms with Crippen LogP contribution in [0.15, 0.2) is 59.8 Å². The number of para-hydroxylation sites is 1. The van der Waals surface area contributed by atoms with Crippen molar-refractivity contribution in [3.63, 3.8) is 0 Å². The summed E-state index contributed by atoms with van der Waals surface area (Å²) in [5.41, 5.74) is 3.70. The van der Waals surface area contributed by atoms with Crippen LogP contribution in [0.5, 0.6) is 5.88 Å². The molecule has 6 aliphatic carbocycles. The van der Waals surface area contributed by atoms with Gasteiger partial charge in [0.25, 0.3) is 0 Å². The second-order valence-electron chi connectivity index (χ2n) is 21.4. The molecule has 9 atom stereocenters. The second-order valence-corrected chi connectivity index (χ2v) is 23.7. The first-order chi connectivity index (χ1) is 28.1. The van der Waals surface area contributed by atoms with Gasteiger partial charge in [-0.3, -0.25) is 4.79 Å². The Labute approximate surface area is 352 Å². The Balaban J connectivity index is 0.894. The molecule has 59 heavy (non-hydrogen) atoms. The number of aromatic nitrogens is 3. The Bertz CT molecular complexity index is 2080. The first kappa shape index (κ1) is 41.3. The third-order valence-corrected chi connectivity index (χ3v) is 20.3. The Morgan fingerprint density at radius 3 is 2.39 bits per heavy atom. The van der Waals surface area contributed by atoms with Gasteiger partial charge >= 0.3 is 5.97 Å². The largest absolute Gasteiger partial charge is 0.481 e. The Kier molecular flexibility index (Phi) is 10.4. The van der Waals surface area contributed by atoms with Crippen LogP contribution >= 0.6 is 0 Å². The van der Waals surface area contributed by atoms with Gasteiger partial charge in [-0.15, -0.1) is 5.10 Å². The maximum Gasteiger partial charge on any atom is 0.313 e. The number of carbonyl (C=O) groups is 1. The molecular formula is C48H69N5O5S. The van der Waals surface area contributed by atoms with Crippen molar-refractivity contribution in [2.45, 2.75) is 124 Å². The monoisotopic (exact) mass is 828 g/mol. The van der Waals surface area contributed by atoms with Gasteiger partial charge in [0, 0.05) is 31.7 Å². The zero-order valence-electron chi connectivity index (χ0n) is 36.3. The van der Waals surface area contributed by atoms with E-state index in [1.807, 2.05) is 30.3 Å². The van der Waals surface area contributed by atoms with Crippen LogP contribution in [0.4, 0.5) is 0 Å². The van der Waals surface area contributed by atoms with Gasteiger partial charge in [0.05, 0.1) is 17.2 Å². The van der Waals surface area contributed by atoms with Gasteiger partial charge in [-0.1, -0.05) is 76.6 Å². The molecule has 0 amide bonds. The first-order valence-electron chi connectivity index (χ1n) is 23.0. The molecule has 2 aromatic rings. The molecule has 9 rings (SSSR count). The lowest BCUT2D eigenvalue weighted by Gasteiger charge is -2.72. The van der Waals surface area contributed by atoms with E-state index in [4.69, 9.17) is 4.74 Å². The van der Waals surface area contributed by atoms with Crippen molar-refractivity contribution in [1.29, 1.82) is 0 Å². The molecule has 10 nitrogen and oxygen atoms in total. The molecule has 11 heteroatoms. The number of carboxylic acid groups (broad SMARTS) is 1. The molecular weight excluding hydrogens is 759 g/mol. The zero-order valence-corrected chi connectivity index (χ0v) is 37.2. The quantitative estimate of drug-likeness (QED) is 0.243. The summed E-state index contributed by atoms with van der Waals surface area (Å²) in [7, 11) is -2.85. The summed E-state index contributed by atoms with van der Waals surface area (Å²) < 4.78 is 31.9. The van der Waals surface area contributed by atoms with Crippen molar-refractivity contribution in [3.05, 3.63) is 59.8 Å². The maximum atomic E-state index is 12.9. The fourth-order valence-corrected chi connectivity index (χ4v) is 16.6. The summed E-state index contributed by atoms with van der Waals surface area (Å²) >= 11 is 0. The summed E-state index contributed by atoms with van der Waals surface area (Å²) in [6.07, 6.45) is 20.9. The van der Waals surface area contributed by atoms with Gasteiger partial charge in [-0.25, -0.2) is 8.42 Å². The van der Waals surface area contributed by atoms with Crippen LogP contribution in [-0.4, -0.2) is 89.2 Å². The Hall–Kier alpha value is -3.02. The van der Waals surface area contributed by atoms with E-state index in [0.29, 0.717) is 66.0 Å². The lowest BCUT2D eigenvalue weighted by atomic mass is 9.33. The normalized spacial score (nSPS) is 40.1. The predicted octanol–water partition coefficient (Wildman–Crippen LogP) is 8.29. The zero-order chi connectivity index (χ0) is 41.5. The summed E-state index contributed by atoms with van der Waals surface area (Å²) in [5.74, 6) is 2.99. The molecule has 7 aliphatic rings. The number of sulfone groups is 1. The SMILES string of the molecule is CC1(C)C(C2=CCC(COc3cnnn3-c3ccccc3)(C(=O)O)CC2)=CC[C@@]2(C)C1CC[C@]1(C)C2CCC2[C@H]3CCC[C@]3(NCCN3CCS(=O)(=O)CC3)CC[C@]21C. The number of carboxylic acids is 1. The van der Waals surface area contributed by atoms with Gasteiger partial charge in [0.2, 0.25) is 5.88 Å². The number of hydrogen-bond acceptors (Lipinski definition) is 8. The van der Waals surface area contributed by atoms with E-state index in [9.17, 15) is 18.3 Å². The highest BCUT2D eigenvalue weighted by molar-refractivity contribution is 7.91. The summed E-state index contributed by atoms with van der Waals surface area (Å²) in [6, 6.07) is 9.67. The first-order valence-corrected chi connectivity index (χ1v) is 24.8. The summed E-state index contributed by atoms with van der Waals surface area (Å²) in [4.78, 5) is 15.3. The average Bonchev–Trinajstić information content (AvgIpc) is 3.86. The van der Waals surface area contributed by atoms with Crippen LogP contribution in [0.2, 0.25) is 0 Å². The third kappa shape index (κ3) is 6.68. The molecule has 0 bridgehead atoms. The number of rotatable bonds is 10. The number of aliphatic carboxylic acids is 1. The van der Waals surface area contributed by atoms with Crippen LogP contribution in [0, 0.1) is 50.7 Å². The van der Waals surface area contributed by atoms with Gasteiger partial charge in [-0.2, -0.15) is 4.68 Å². The molecule has 1 saturated heterocycles. The molecule has 4 saturated carbocycles. The summed E-state index contributed by atoms with van der Waals surface area (Å²) in [5, 5.41) is 23.0. The van der Waals surface area contributed by atoms with E-state index in [2.05, 4.69) is 67.3 Å². The lowest BCUT2D eigenvalue weighted by molar-refractivity contribution is -0.218. The molecule has 2 N–H and O–H groups in total. The molecule has 1 aliphatic heterocycles. The fraction of sp³-hybridized carbons (Fsp3) is 0.729. The smallest absolute Gasteiger partial charge is 0.313 e. The predicted molar refractivity (Wildman–Crippen MR) is 231 cm³/mol. The Morgan fingerprint density at radius 1 is 0.881 bits per heavy atom. The van der Waals surface area contributed by atoms with Crippen molar-refractivity contribution >= 4 is 15.8 Å². The van der Waals surface area contributed by atoms with Gasteiger partial charge in [0.15, 0.2) is 9.84 Å². The maximum absolute atomic E-state index is 12.9. The van der Waals surface area contributed by atoms with Gasteiger partial charge in [0.1, 0.15) is 18.2 Å². The van der Waals surface area contributed by atoms with E-state index in [0.717, 1.165) is 43.5 Å². The van der Waals surface area contributed by atoms with Gasteiger partial charge < -0.3 is 20.1 Å². The van der Waals surface area contributed by atoms with Crippen molar-refractivity contribution in [2.75, 3.05) is 44.3 Å². The van der Waals surface area contributed by atoms with Crippen LogP contribution in [-0.2, 0) is 14.6 Å². The number of benzene rings is 1. The molecule has 0 spiro atoms. The van der Waals surface area contributed by atoms with E-state index in [-0.39, 0.29) is 23.0 Å². The third-order valence-electron chi connectivity index (χ3n) is 18.7. The number of ether oxygens (including phenoxy) is 1. The summed E-state index contributed by atoms with van der Waals surface area (Å²) in [6.45, 7) is 16.4. The number of allylic oxidation sites excluding steroid dienone is 4. The number of nitrogens with zero attached hydrogens (tertiary/aromatic N) is 4. The van der Waals surface area contributed by atoms with Gasteiger partial charge in [-0.05, 0) is 146 Å². The molecule has 0 radical (unpaired) electrons. The van der Waals surface area contributed by atoms with Crippen molar-refractivity contribution in [3.8, 4) is 11.6 Å². The highest BCUT2D eigenvalue weighted by Crippen LogP contribution is 2.76. The minimum absolute atomic E-state index is 0.00112. The van der Waals surface area contributed by atoms with Crippen LogP contribution in [0.25, 0.3) is 5.69 Å². The van der Waals surface area contributed by atoms with Crippen LogP contribution in [0.3, 0.4) is 0 Å².